The van der Waals surface area contributed by atoms with E-state index in [1.54, 1.807) is 0 Å². The Morgan fingerprint density at radius 1 is 1.23 bits per heavy atom. The first-order chi connectivity index (χ1) is 14.6. The molecule has 2 aliphatic rings. The van der Waals surface area contributed by atoms with E-state index in [-0.39, 0.29) is 18.3 Å². The van der Waals surface area contributed by atoms with Gasteiger partial charge in [0.15, 0.2) is 5.82 Å². The van der Waals surface area contributed by atoms with Gasteiger partial charge in [-0.05, 0) is 43.0 Å². The number of anilines is 1. The normalized spacial score (nSPS) is 21.6. The number of carbonyl (C=O) groups excluding carboxylic acids is 1. The molecule has 1 aromatic carbocycles. The number of alkyl halides is 4. The Kier molecular flexibility index (Phi) is 5.23. The van der Waals surface area contributed by atoms with Gasteiger partial charge in [0.1, 0.15) is 12.4 Å². The number of amides is 1. The number of hydrogen-bond acceptors (Lipinski definition) is 3. The molecule has 1 aromatic heterocycles. The SMILES string of the molecule is N#CCn1nc(NC(=O)C[C@H]2CC(F)(F)C2(F)F)c(C2CCC2)c1-c1ccc(F)cc1. The van der Waals surface area contributed by atoms with Gasteiger partial charge in [-0.1, -0.05) is 6.42 Å². The largest absolute Gasteiger partial charge is 0.313 e. The molecular formula is C21H19F5N4O. The van der Waals surface area contributed by atoms with Crippen LogP contribution in [0.3, 0.4) is 0 Å². The number of nitrogens with one attached hydrogen (secondary N) is 1. The van der Waals surface area contributed by atoms with Gasteiger partial charge in [-0.3, -0.25) is 4.79 Å². The summed E-state index contributed by atoms with van der Waals surface area (Å²) in [6.45, 7) is -0.144. The summed E-state index contributed by atoms with van der Waals surface area (Å²) in [5.41, 5.74) is 1.78. The van der Waals surface area contributed by atoms with Crippen molar-refractivity contribution in [2.24, 2.45) is 5.92 Å². The van der Waals surface area contributed by atoms with E-state index in [1.807, 2.05) is 6.07 Å². The van der Waals surface area contributed by atoms with Crippen molar-refractivity contribution >= 4 is 11.7 Å². The highest BCUT2D eigenvalue weighted by Gasteiger charge is 2.71. The standard InChI is InChI=1S/C21H19F5N4O/c22-15-6-4-13(5-7-15)18-17(12-2-1-3-12)19(29-30(18)9-8-27)28-16(31)10-14-11-20(23,24)21(14,25)26/h4-7,12,14H,1-3,9-11H2,(H,28,29,31)/t14-/m0/s1. The van der Waals surface area contributed by atoms with Crippen LogP contribution in [0.5, 0.6) is 0 Å². The van der Waals surface area contributed by atoms with Gasteiger partial charge in [0.05, 0.1) is 11.8 Å². The molecule has 10 heteroatoms. The second-order valence-electron chi connectivity index (χ2n) is 8.04. The van der Waals surface area contributed by atoms with E-state index in [2.05, 4.69) is 10.4 Å². The molecule has 2 saturated carbocycles. The van der Waals surface area contributed by atoms with Crippen LogP contribution in [0.4, 0.5) is 27.8 Å². The molecule has 0 aliphatic heterocycles. The summed E-state index contributed by atoms with van der Waals surface area (Å²) in [5.74, 6) is -11.2. The summed E-state index contributed by atoms with van der Waals surface area (Å²) in [7, 11) is 0. The summed E-state index contributed by atoms with van der Waals surface area (Å²) in [6, 6.07) is 7.57. The minimum absolute atomic E-state index is 0.0253. The Morgan fingerprint density at radius 3 is 2.42 bits per heavy atom. The predicted molar refractivity (Wildman–Crippen MR) is 101 cm³/mol. The van der Waals surface area contributed by atoms with Crippen LogP contribution in [-0.2, 0) is 11.3 Å². The predicted octanol–water partition coefficient (Wildman–Crippen LogP) is 5.10. The molecule has 2 fully saturated rings. The lowest BCUT2D eigenvalue weighted by Gasteiger charge is -2.43. The molecule has 1 atom stereocenters. The molecule has 5 nitrogen and oxygen atoms in total. The molecule has 0 unspecified atom stereocenters. The summed E-state index contributed by atoms with van der Waals surface area (Å²) in [4.78, 5) is 12.4. The molecule has 1 N–H and O–H groups in total. The van der Waals surface area contributed by atoms with E-state index >= 15 is 0 Å². The molecular weight excluding hydrogens is 419 g/mol. The molecule has 4 rings (SSSR count). The van der Waals surface area contributed by atoms with Crippen LogP contribution in [0.15, 0.2) is 24.3 Å². The highest BCUT2D eigenvalue weighted by Crippen LogP contribution is 2.56. The third-order valence-corrected chi connectivity index (χ3v) is 6.03. The minimum Gasteiger partial charge on any atom is -0.309 e. The monoisotopic (exact) mass is 438 g/mol. The van der Waals surface area contributed by atoms with Gasteiger partial charge < -0.3 is 5.32 Å². The Morgan fingerprint density at radius 2 is 1.90 bits per heavy atom. The lowest BCUT2D eigenvalue weighted by Crippen LogP contribution is -2.59. The van der Waals surface area contributed by atoms with Crippen LogP contribution in [0.2, 0.25) is 0 Å². The smallest absolute Gasteiger partial charge is 0.309 e. The number of benzene rings is 1. The van der Waals surface area contributed by atoms with E-state index < -0.39 is 42.3 Å². The highest BCUT2D eigenvalue weighted by molar-refractivity contribution is 5.92. The fourth-order valence-corrected chi connectivity index (χ4v) is 4.09. The minimum atomic E-state index is -4.22. The Bertz CT molecular complexity index is 1040. The first kappa shape index (κ1) is 21.3. The zero-order valence-electron chi connectivity index (χ0n) is 16.3. The first-order valence-electron chi connectivity index (χ1n) is 9.93. The summed E-state index contributed by atoms with van der Waals surface area (Å²) < 4.78 is 68.0. The van der Waals surface area contributed by atoms with Gasteiger partial charge in [0.25, 0.3) is 0 Å². The third kappa shape index (κ3) is 3.66. The summed E-state index contributed by atoms with van der Waals surface area (Å²) >= 11 is 0. The molecule has 1 heterocycles. The van der Waals surface area contributed by atoms with Crippen molar-refractivity contribution in [3.63, 3.8) is 0 Å². The maximum absolute atomic E-state index is 13.6. The van der Waals surface area contributed by atoms with Gasteiger partial charge in [0, 0.05) is 29.9 Å². The van der Waals surface area contributed by atoms with Crippen LogP contribution >= 0.6 is 0 Å². The van der Waals surface area contributed by atoms with Gasteiger partial charge >= 0.3 is 11.8 Å². The number of aromatic nitrogens is 2. The van der Waals surface area contributed by atoms with E-state index in [4.69, 9.17) is 0 Å². The Balaban J connectivity index is 1.64. The Labute approximate surface area is 174 Å². The zero-order chi connectivity index (χ0) is 22.4. The van der Waals surface area contributed by atoms with Crippen LogP contribution in [-0.4, -0.2) is 27.5 Å². The van der Waals surface area contributed by atoms with Gasteiger partial charge in [-0.25, -0.2) is 9.07 Å². The maximum Gasteiger partial charge on any atom is 0.313 e. The fraction of sp³-hybridized carbons (Fsp3) is 0.476. The molecule has 0 bridgehead atoms. The third-order valence-electron chi connectivity index (χ3n) is 6.03. The fourth-order valence-electron chi connectivity index (χ4n) is 4.09. The number of nitriles is 1. The van der Waals surface area contributed by atoms with Crippen LogP contribution in [0.25, 0.3) is 11.3 Å². The zero-order valence-corrected chi connectivity index (χ0v) is 16.3. The van der Waals surface area contributed by atoms with Crippen molar-refractivity contribution < 1.29 is 26.7 Å². The van der Waals surface area contributed by atoms with E-state index in [9.17, 15) is 32.0 Å². The van der Waals surface area contributed by atoms with Gasteiger partial charge in [-0.15, -0.1) is 0 Å². The van der Waals surface area contributed by atoms with Crippen LogP contribution in [0, 0.1) is 23.1 Å². The molecule has 0 saturated heterocycles. The number of hydrogen-bond donors (Lipinski definition) is 1. The average molecular weight is 438 g/mol. The van der Waals surface area contributed by atoms with E-state index in [0.29, 0.717) is 16.8 Å². The average Bonchev–Trinajstić information content (AvgIpc) is 2.98. The first-order valence-corrected chi connectivity index (χ1v) is 9.93. The number of nitrogens with zero attached hydrogens (tertiary/aromatic N) is 3. The van der Waals surface area contributed by atoms with Crippen molar-refractivity contribution in [2.45, 2.75) is 56.4 Å². The van der Waals surface area contributed by atoms with E-state index in [0.717, 1.165) is 19.3 Å². The van der Waals surface area contributed by atoms with Crippen molar-refractivity contribution in [2.75, 3.05) is 5.32 Å². The van der Waals surface area contributed by atoms with Gasteiger partial charge in [0.2, 0.25) is 5.91 Å². The number of carbonyl (C=O) groups is 1. The second-order valence-corrected chi connectivity index (χ2v) is 8.04. The Hall–Kier alpha value is -2.96. The molecule has 2 aromatic rings. The maximum atomic E-state index is 13.6. The lowest BCUT2D eigenvalue weighted by atomic mass is 9.74. The molecule has 1 amide bonds. The molecule has 2 aliphatic carbocycles. The molecule has 0 spiro atoms. The van der Waals surface area contributed by atoms with Crippen LogP contribution in [0.1, 0.15) is 43.6 Å². The van der Waals surface area contributed by atoms with Crippen molar-refractivity contribution in [1.82, 2.24) is 9.78 Å². The lowest BCUT2D eigenvalue weighted by molar-refractivity contribution is -0.313. The van der Waals surface area contributed by atoms with Crippen molar-refractivity contribution in [3.05, 3.63) is 35.6 Å². The second kappa shape index (κ2) is 7.62. The summed E-state index contributed by atoms with van der Waals surface area (Å²) in [5, 5.41) is 16.0. The molecule has 0 radical (unpaired) electrons. The molecule has 31 heavy (non-hydrogen) atoms. The van der Waals surface area contributed by atoms with Crippen molar-refractivity contribution in [1.29, 1.82) is 5.26 Å². The van der Waals surface area contributed by atoms with Gasteiger partial charge in [-0.2, -0.15) is 27.9 Å². The van der Waals surface area contributed by atoms with E-state index in [1.165, 1.54) is 28.9 Å². The summed E-state index contributed by atoms with van der Waals surface area (Å²) in [6.07, 6.45) is 0.758. The number of rotatable bonds is 6. The highest BCUT2D eigenvalue weighted by atomic mass is 19.3. The van der Waals surface area contributed by atoms with Crippen molar-refractivity contribution in [3.8, 4) is 17.3 Å². The van der Waals surface area contributed by atoms with Crippen LogP contribution < -0.4 is 5.32 Å². The molecule has 164 valence electrons. The topological polar surface area (TPSA) is 70.7 Å². The number of halogens is 5. The quantitative estimate of drug-likeness (QED) is 0.638.